The molecule has 2 rings (SSSR count). The van der Waals surface area contributed by atoms with E-state index in [0.717, 1.165) is 11.3 Å². The van der Waals surface area contributed by atoms with E-state index in [9.17, 15) is 4.79 Å². The quantitative estimate of drug-likeness (QED) is 0.822. The van der Waals surface area contributed by atoms with Crippen molar-refractivity contribution in [1.82, 2.24) is 0 Å². The number of benzene rings is 1. The summed E-state index contributed by atoms with van der Waals surface area (Å²) in [7, 11) is 0. The van der Waals surface area contributed by atoms with Crippen LogP contribution in [0.5, 0.6) is 0 Å². The number of nitrogens with one attached hydrogen (secondary N) is 1. The second-order valence-corrected chi connectivity index (χ2v) is 6.78. The Bertz CT molecular complexity index is 494. The third-order valence-corrected chi connectivity index (χ3v) is 4.53. The molecule has 0 aliphatic heterocycles. The minimum absolute atomic E-state index is 0.354. The van der Waals surface area contributed by atoms with Crippen molar-refractivity contribution < 1.29 is 4.79 Å². The fourth-order valence-corrected chi connectivity index (χ4v) is 3.08. The molecule has 0 bridgehead atoms. The number of carbonyl (C=O) groups is 1. The summed E-state index contributed by atoms with van der Waals surface area (Å²) in [5, 5.41) is 3.61. The van der Waals surface area contributed by atoms with Gasteiger partial charge >= 0.3 is 0 Å². The molecule has 1 unspecified atom stereocenters. The van der Waals surface area contributed by atoms with Crippen molar-refractivity contribution in [3.05, 3.63) is 29.3 Å². The largest absolute Gasteiger partial charge is 0.382 e. The Hall–Kier alpha value is -1.51. The highest BCUT2D eigenvalue weighted by Crippen LogP contribution is 2.35. The van der Waals surface area contributed by atoms with Crippen LogP contribution in [0.1, 0.15) is 61.9 Å². The van der Waals surface area contributed by atoms with E-state index in [1.54, 1.807) is 6.07 Å². The molecule has 0 radical (unpaired) electrons. The fraction of sp³-hybridized carbons (Fsp3) is 0.588. The van der Waals surface area contributed by atoms with Crippen LogP contribution < -0.4 is 11.1 Å². The Morgan fingerprint density at radius 2 is 2.05 bits per heavy atom. The zero-order chi connectivity index (χ0) is 14.8. The van der Waals surface area contributed by atoms with Crippen LogP contribution in [-0.4, -0.2) is 11.9 Å². The molecule has 0 saturated heterocycles. The number of nitrogens with two attached hydrogens (primary N) is 1. The van der Waals surface area contributed by atoms with E-state index in [0.29, 0.717) is 17.0 Å². The van der Waals surface area contributed by atoms with Crippen LogP contribution in [0.3, 0.4) is 0 Å². The SMILES string of the molecule is Cc1c(NC2CCCC(C)(C)CC2)cccc1C(N)=O. The summed E-state index contributed by atoms with van der Waals surface area (Å²) >= 11 is 0. The Morgan fingerprint density at radius 3 is 2.75 bits per heavy atom. The van der Waals surface area contributed by atoms with Crippen molar-refractivity contribution in [2.45, 2.75) is 58.9 Å². The van der Waals surface area contributed by atoms with Gasteiger partial charge in [-0.15, -0.1) is 0 Å². The molecule has 1 aliphatic rings. The zero-order valence-corrected chi connectivity index (χ0v) is 12.8. The zero-order valence-electron chi connectivity index (χ0n) is 12.8. The Morgan fingerprint density at radius 1 is 1.30 bits per heavy atom. The average Bonchev–Trinajstić information content (AvgIpc) is 2.53. The monoisotopic (exact) mass is 274 g/mol. The first-order valence-electron chi connectivity index (χ1n) is 7.55. The van der Waals surface area contributed by atoms with Crippen molar-refractivity contribution in [1.29, 1.82) is 0 Å². The number of carbonyl (C=O) groups excluding carboxylic acids is 1. The maximum Gasteiger partial charge on any atom is 0.249 e. The molecule has 3 nitrogen and oxygen atoms in total. The van der Waals surface area contributed by atoms with Gasteiger partial charge in [-0.1, -0.05) is 26.3 Å². The highest BCUT2D eigenvalue weighted by atomic mass is 16.1. The van der Waals surface area contributed by atoms with Crippen LogP contribution in [-0.2, 0) is 0 Å². The molecule has 1 aromatic carbocycles. The summed E-state index contributed by atoms with van der Waals surface area (Å²) < 4.78 is 0. The van der Waals surface area contributed by atoms with E-state index in [2.05, 4.69) is 19.2 Å². The molecular weight excluding hydrogens is 248 g/mol. The molecule has 1 amide bonds. The molecule has 1 fully saturated rings. The van der Waals surface area contributed by atoms with E-state index in [1.807, 2.05) is 19.1 Å². The molecule has 110 valence electrons. The first kappa shape index (κ1) is 14.9. The van der Waals surface area contributed by atoms with Gasteiger partial charge in [0.25, 0.3) is 0 Å². The topological polar surface area (TPSA) is 55.1 Å². The van der Waals surface area contributed by atoms with Crippen LogP contribution in [0.2, 0.25) is 0 Å². The van der Waals surface area contributed by atoms with Gasteiger partial charge in [0, 0.05) is 17.3 Å². The Labute approximate surface area is 121 Å². The predicted molar refractivity (Wildman–Crippen MR) is 84.0 cm³/mol. The summed E-state index contributed by atoms with van der Waals surface area (Å²) in [6, 6.07) is 6.23. The van der Waals surface area contributed by atoms with Crippen LogP contribution >= 0.6 is 0 Å². The van der Waals surface area contributed by atoms with Gasteiger partial charge in [-0.3, -0.25) is 4.79 Å². The normalized spacial score (nSPS) is 22.1. The van der Waals surface area contributed by atoms with Crippen molar-refractivity contribution in [2.24, 2.45) is 11.1 Å². The fourth-order valence-electron chi connectivity index (χ4n) is 3.08. The summed E-state index contributed by atoms with van der Waals surface area (Å²) in [4.78, 5) is 11.4. The summed E-state index contributed by atoms with van der Waals surface area (Å²) in [6.07, 6.45) is 6.20. The number of amides is 1. The van der Waals surface area contributed by atoms with E-state index in [1.165, 1.54) is 32.1 Å². The summed E-state index contributed by atoms with van der Waals surface area (Å²) in [5.41, 5.74) is 8.49. The molecule has 1 saturated carbocycles. The minimum Gasteiger partial charge on any atom is -0.382 e. The van der Waals surface area contributed by atoms with Crippen LogP contribution in [0.15, 0.2) is 18.2 Å². The standard InChI is InChI=1S/C17H26N2O/c1-12-14(16(18)20)7-4-8-15(12)19-13-6-5-10-17(2,3)11-9-13/h4,7-8,13,19H,5-6,9-11H2,1-3H3,(H2,18,20). The molecule has 0 spiro atoms. The van der Waals surface area contributed by atoms with Crippen LogP contribution in [0, 0.1) is 12.3 Å². The number of hydrogen-bond donors (Lipinski definition) is 2. The molecule has 0 heterocycles. The third-order valence-electron chi connectivity index (χ3n) is 4.53. The highest BCUT2D eigenvalue weighted by Gasteiger charge is 2.24. The molecule has 3 N–H and O–H groups in total. The Kier molecular flexibility index (Phi) is 4.36. The number of rotatable bonds is 3. The van der Waals surface area contributed by atoms with E-state index >= 15 is 0 Å². The number of hydrogen-bond acceptors (Lipinski definition) is 2. The van der Waals surface area contributed by atoms with Crippen molar-refractivity contribution >= 4 is 11.6 Å². The number of primary amides is 1. The van der Waals surface area contributed by atoms with E-state index in [4.69, 9.17) is 5.73 Å². The Balaban J connectivity index is 2.10. The maximum absolute atomic E-state index is 11.4. The molecule has 1 aromatic rings. The van der Waals surface area contributed by atoms with E-state index in [-0.39, 0.29) is 5.91 Å². The first-order valence-corrected chi connectivity index (χ1v) is 7.55. The lowest BCUT2D eigenvalue weighted by Crippen LogP contribution is -2.21. The minimum atomic E-state index is -0.354. The second kappa shape index (κ2) is 5.86. The number of anilines is 1. The van der Waals surface area contributed by atoms with Gasteiger partial charge in [0.1, 0.15) is 0 Å². The molecule has 0 aromatic heterocycles. The highest BCUT2D eigenvalue weighted by molar-refractivity contribution is 5.95. The van der Waals surface area contributed by atoms with Gasteiger partial charge < -0.3 is 11.1 Å². The average molecular weight is 274 g/mol. The van der Waals surface area contributed by atoms with Crippen molar-refractivity contribution in [3.63, 3.8) is 0 Å². The van der Waals surface area contributed by atoms with Crippen LogP contribution in [0.25, 0.3) is 0 Å². The molecule has 1 aliphatic carbocycles. The molecule has 20 heavy (non-hydrogen) atoms. The predicted octanol–water partition coefficient (Wildman–Crippen LogP) is 3.86. The van der Waals surface area contributed by atoms with Crippen LogP contribution in [0.4, 0.5) is 5.69 Å². The lowest BCUT2D eigenvalue weighted by molar-refractivity contribution is 0.1000. The van der Waals surface area contributed by atoms with Gasteiger partial charge in [0.2, 0.25) is 5.91 Å². The molecule has 1 atom stereocenters. The molecule has 3 heteroatoms. The van der Waals surface area contributed by atoms with Crippen molar-refractivity contribution in [2.75, 3.05) is 5.32 Å². The first-order chi connectivity index (χ1) is 9.39. The van der Waals surface area contributed by atoms with Gasteiger partial charge in [-0.25, -0.2) is 0 Å². The lowest BCUT2D eigenvalue weighted by Gasteiger charge is -2.23. The third kappa shape index (κ3) is 3.53. The summed E-state index contributed by atoms with van der Waals surface area (Å²) in [6.45, 7) is 6.67. The molecular formula is C17H26N2O. The van der Waals surface area contributed by atoms with E-state index < -0.39 is 0 Å². The van der Waals surface area contributed by atoms with Gasteiger partial charge in [-0.05, 0) is 55.7 Å². The maximum atomic E-state index is 11.4. The van der Waals surface area contributed by atoms with Gasteiger partial charge in [0.15, 0.2) is 0 Å². The summed E-state index contributed by atoms with van der Waals surface area (Å²) in [5.74, 6) is -0.354. The van der Waals surface area contributed by atoms with Crippen molar-refractivity contribution in [3.8, 4) is 0 Å². The second-order valence-electron chi connectivity index (χ2n) is 6.78. The smallest absolute Gasteiger partial charge is 0.249 e. The van der Waals surface area contributed by atoms with Gasteiger partial charge in [0.05, 0.1) is 0 Å². The lowest BCUT2D eigenvalue weighted by atomic mass is 9.85. The van der Waals surface area contributed by atoms with Gasteiger partial charge in [-0.2, -0.15) is 0 Å².